The molecule has 7 nitrogen and oxygen atoms in total. The van der Waals surface area contributed by atoms with E-state index in [0.29, 0.717) is 18.7 Å². The zero-order valence-electron chi connectivity index (χ0n) is 14.1. The monoisotopic (exact) mass is 353 g/mol. The number of ether oxygens (including phenoxy) is 2. The Morgan fingerprint density at radius 1 is 1.23 bits per heavy atom. The second-order valence-electron chi connectivity index (χ2n) is 6.19. The fraction of sp³-hybridized carbons (Fsp3) is 0.316. The number of oxime groups is 1. The summed E-state index contributed by atoms with van der Waals surface area (Å²) in [5, 5.41) is 6.85. The van der Waals surface area contributed by atoms with E-state index in [9.17, 15) is 4.79 Å². The predicted molar refractivity (Wildman–Crippen MR) is 95.2 cm³/mol. The first kappa shape index (κ1) is 16.5. The highest BCUT2D eigenvalue weighted by Gasteiger charge is 2.29. The SMILES string of the molecule is O=C(Nc1ccc(O[C@H]2CCOC2)cc1)[C@@H]1CC(c2cccnc2)=NO1. The third-order valence-corrected chi connectivity index (χ3v) is 4.27. The summed E-state index contributed by atoms with van der Waals surface area (Å²) >= 11 is 0. The number of rotatable bonds is 5. The summed E-state index contributed by atoms with van der Waals surface area (Å²) in [7, 11) is 0. The zero-order chi connectivity index (χ0) is 17.8. The number of hydrogen-bond acceptors (Lipinski definition) is 6. The molecule has 7 heteroatoms. The molecule has 0 saturated carbocycles. The van der Waals surface area contributed by atoms with Crippen molar-refractivity contribution < 1.29 is 19.1 Å². The van der Waals surface area contributed by atoms with Crippen molar-refractivity contribution in [3.05, 3.63) is 54.4 Å². The normalized spacial score (nSPS) is 21.8. The Morgan fingerprint density at radius 3 is 2.85 bits per heavy atom. The number of carbonyl (C=O) groups excluding carboxylic acids is 1. The van der Waals surface area contributed by atoms with Crippen molar-refractivity contribution in [3.8, 4) is 5.75 Å². The summed E-state index contributed by atoms with van der Waals surface area (Å²) in [6.45, 7) is 1.36. The molecule has 2 aliphatic rings. The third-order valence-electron chi connectivity index (χ3n) is 4.27. The Bertz CT molecular complexity index is 786. The van der Waals surface area contributed by atoms with Crippen molar-refractivity contribution in [2.75, 3.05) is 18.5 Å². The molecule has 26 heavy (non-hydrogen) atoms. The van der Waals surface area contributed by atoms with Gasteiger partial charge in [-0.25, -0.2) is 0 Å². The molecule has 2 atom stereocenters. The predicted octanol–water partition coefficient (Wildman–Crippen LogP) is 2.38. The van der Waals surface area contributed by atoms with Crippen molar-refractivity contribution in [1.29, 1.82) is 0 Å². The van der Waals surface area contributed by atoms with Crippen LogP contribution in [0.1, 0.15) is 18.4 Å². The van der Waals surface area contributed by atoms with E-state index in [1.165, 1.54) is 0 Å². The minimum Gasteiger partial charge on any atom is -0.488 e. The summed E-state index contributed by atoms with van der Waals surface area (Å²) < 4.78 is 11.1. The van der Waals surface area contributed by atoms with Crippen molar-refractivity contribution in [1.82, 2.24) is 4.98 Å². The first-order valence-corrected chi connectivity index (χ1v) is 8.56. The quantitative estimate of drug-likeness (QED) is 0.892. The van der Waals surface area contributed by atoms with E-state index in [-0.39, 0.29) is 12.0 Å². The molecule has 4 rings (SSSR count). The maximum atomic E-state index is 12.4. The largest absolute Gasteiger partial charge is 0.488 e. The van der Waals surface area contributed by atoms with Crippen LogP contribution >= 0.6 is 0 Å². The molecule has 1 saturated heterocycles. The molecule has 134 valence electrons. The maximum Gasteiger partial charge on any atom is 0.268 e. The first-order chi connectivity index (χ1) is 12.8. The molecular formula is C19H19N3O4. The van der Waals surface area contributed by atoms with Crippen molar-refractivity contribution in [3.63, 3.8) is 0 Å². The number of nitrogens with zero attached hydrogens (tertiary/aromatic N) is 2. The number of amides is 1. The van der Waals surface area contributed by atoms with Crippen LogP contribution in [0.4, 0.5) is 5.69 Å². The van der Waals surface area contributed by atoms with Gasteiger partial charge in [-0.15, -0.1) is 0 Å². The summed E-state index contributed by atoms with van der Waals surface area (Å²) in [6.07, 6.45) is 4.17. The van der Waals surface area contributed by atoms with Gasteiger partial charge in [0.05, 0.1) is 18.9 Å². The van der Waals surface area contributed by atoms with E-state index in [4.69, 9.17) is 14.3 Å². The molecule has 1 aromatic carbocycles. The Labute approximate surface area is 151 Å². The van der Waals surface area contributed by atoms with Gasteiger partial charge in [-0.2, -0.15) is 0 Å². The second kappa shape index (κ2) is 7.53. The lowest BCUT2D eigenvalue weighted by molar-refractivity contribution is -0.125. The van der Waals surface area contributed by atoms with Crippen LogP contribution in [0.2, 0.25) is 0 Å². The van der Waals surface area contributed by atoms with Gasteiger partial charge in [-0.05, 0) is 36.4 Å². The number of carbonyl (C=O) groups is 1. The minimum absolute atomic E-state index is 0.102. The fourth-order valence-corrected chi connectivity index (χ4v) is 2.86. The molecule has 1 N–H and O–H groups in total. The molecule has 0 bridgehead atoms. The highest BCUT2D eigenvalue weighted by atomic mass is 16.6. The van der Waals surface area contributed by atoms with Crippen LogP contribution in [0, 0.1) is 0 Å². The van der Waals surface area contributed by atoms with Gasteiger partial charge in [0.2, 0.25) is 6.10 Å². The lowest BCUT2D eigenvalue weighted by Gasteiger charge is -2.13. The molecular weight excluding hydrogens is 334 g/mol. The van der Waals surface area contributed by atoms with E-state index >= 15 is 0 Å². The van der Waals surface area contributed by atoms with Crippen LogP contribution in [-0.2, 0) is 14.4 Å². The van der Waals surface area contributed by atoms with Crippen molar-refractivity contribution in [2.24, 2.45) is 5.16 Å². The summed E-state index contributed by atoms with van der Waals surface area (Å²) in [4.78, 5) is 21.7. The average molecular weight is 353 g/mol. The van der Waals surface area contributed by atoms with E-state index in [0.717, 1.165) is 30.1 Å². The van der Waals surface area contributed by atoms with Crippen LogP contribution < -0.4 is 10.1 Å². The van der Waals surface area contributed by atoms with Gasteiger partial charge in [-0.3, -0.25) is 9.78 Å². The highest BCUT2D eigenvalue weighted by molar-refractivity contribution is 6.05. The smallest absolute Gasteiger partial charge is 0.268 e. The van der Waals surface area contributed by atoms with Gasteiger partial charge in [0, 0.05) is 36.5 Å². The summed E-state index contributed by atoms with van der Waals surface area (Å²) in [5.41, 5.74) is 2.27. The molecule has 0 spiro atoms. The van der Waals surface area contributed by atoms with E-state index in [1.807, 2.05) is 24.3 Å². The Kier molecular flexibility index (Phi) is 4.79. The fourth-order valence-electron chi connectivity index (χ4n) is 2.86. The number of anilines is 1. The zero-order valence-corrected chi connectivity index (χ0v) is 14.1. The van der Waals surface area contributed by atoms with Crippen molar-refractivity contribution in [2.45, 2.75) is 25.0 Å². The van der Waals surface area contributed by atoms with Gasteiger partial charge in [0.1, 0.15) is 11.9 Å². The van der Waals surface area contributed by atoms with Crippen LogP contribution in [-0.4, -0.2) is 42.0 Å². The molecule has 2 aromatic rings. The molecule has 1 fully saturated rings. The van der Waals surface area contributed by atoms with Gasteiger partial charge in [0.15, 0.2) is 0 Å². The van der Waals surface area contributed by atoms with E-state index in [1.54, 1.807) is 24.5 Å². The Balaban J connectivity index is 1.31. The average Bonchev–Trinajstić information content (AvgIpc) is 3.36. The third kappa shape index (κ3) is 3.83. The van der Waals surface area contributed by atoms with Crippen LogP contribution in [0.25, 0.3) is 0 Å². The Morgan fingerprint density at radius 2 is 2.12 bits per heavy atom. The molecule has 1 amide bonds. The number of hydrogen-bond donors (Lipinski definition) is 1. The molecule has 0 unspecified atom stereocenters. The van der Waals surface area contributed by atoms with E-state index in [2.05, 4.69) is 15.5 Å². The van der Waals surface area contributed by atoms with Crippen molar-refractivity contribution >= 4 is 17.3 Å². The molecule has 0 aliphatic carbocycles. The topological polar surface area (TPSA) is 82.0 Å². The van der Waals surface area contributed by atoms with Gasteiger partial charge >= 0.3 is 0 Å². The maximum absolute atomic E-state index is 12.4. The molecule has 1 aromatic heterocycles. The molecule has 0 radical (unpaired) electrons. The van der Waals surface area contributed by atoms with E-state index < -0.39 is 6.10 Å². The Hall–Kier alpha value is -2.93. The summed E-state index contributed by atoms with van der Waals surface area (Å²) in [5.74, 6) is 0.531. The lowest BCUT2D eigenvalue weighted by Crippen LogP contribution is -2.28. The van der Waals surface area contributed by atoms with Gasteiger partial charge < -0.3 is 19.6 Å². The standard InChI is InChI=1S/C19H19N3O4/c23-19(18-10-17(22-26-18)13-2-1-8-20-11-13)21-14-3-5-15(6-4-14)25-16-7-9-24-12-16/h1-6,8,11,16,18H,7,9-10,12H2,(H,21,23)/t16-,18-/m0/s1. The molecule has 3 heterocycles. The summed E-state index contributed by atoms with van der Waals surface area (Å²) in [6, 6.07) is 11.0. The number of benzene rings is 1. The number of nitrogens with one attached hydrogen (secondary N) is 1. The van der Waals surface area contributed by atoms with Crippen LogP contribution in [0.15, 0.2) is 53.9 Å². The second-order valence-corrected chi connectivity index (χ2v) is 6.19. The molecule has 2 aliphatic heterocycles. The minimum atomic E-state index is -0.642. The van der Waals surface area contributed by atoms with Gasteiger partial charge in [0.25, 0.3) is 5.91 Å². The highest BCUT2D eigenvalue weighted by Crippen LogP contribution is 2.21. The first-order valence-electron chi connectivity index (χ1n) is 8.56. The van der Waals surface area contributed by atoms with Gasteiger partial charge in [-0.1, -0.05) is 5.16 Å². The van der Waals surface area contributed by atoms with Crippen LogP contribution in [0.3, 0.4) is 0 Å². The lowest BCUT2D eigenvalue weighted by atomic mass is 10.1. The number of aromatic nitrogens is 1. The van der Waals surface area contributed by atoms with Crippen LogP contribution in [0.5, 0.6) is 5.75 Å². The number of pyridine rings is 1.